The summed E-state index contributed by atoms with van der Waals surface area (Å²) in [6.45, 7) is 3.08. The minimum Gasteiger partial charge on any atom is -0.506 e. The molecule has 0 fully saturated rings. The van der Waals surface area contributed by atoms with Gasteiger partial charge in [-0.3, -0.25) is 0 Å². The van der Waals surface area contributed by atoms with Crippen LogP contribution in [0.2, 0.25) is 0 Å². The summed E-state index contributed by atoms with van der Waals surface area (Å²) in [5, 5.41) is 10.1. The number of hydrogen-bond donors (Lipinski definition) is 1. The Hall–Kier alpha value is -1.61. The summed E-state index contributed by atoms with van der Waals surface area (Å²) >= 11 is 1.72. The third kappa shape index (κ3) is 1.75. The van der Waals surface area contributed by atoms with Gasteiger partial charge in [-0.25, -0.2) is 0 Å². The van der Waals surface area contributed by atoms with Gasteiger partial charge in [0.25, 0.3) is 0 Å². The number of benzene rings is 2. The molecule has 0 aliphatic carbocycles. The van der Waals surface area contributed by atoms with E-state index < -0.39 is 0 Å². The Morgan fingerprint density at radius 3 is 2.67 bits per heavy atom. The molecular formula is C15H15NOS. The second-order valence-corrected chi connectivity index (χ2v) is 5.43. The zero-order valence-electron chi connectivity index (χ0n) is 10.3. The van der Waals surface area contributed by atoms with Crippen LogP contribution in [0.3, 0.4) is 0 Å². The van der Waals surface area contributed by atoms with Crippen molar-refractivity contribution in [1.82, 2.24) is 0 Å². The van der Waals surface area contributed by atoms with Crippen molar-refractivity contribution < 1.29 is 5.11 Å². The molecule has 0 bridgehead atoms. The minimum atomic E-state index is 0.364. The first-order valence-electron chi connectivity index (χ1n) is 6.17. The highest BCUT2D eigenvalue weighted by molar-refractivity contribution is 7.99. The first-order valence-corrected chi connectivity index (χ1v) is 6.99. The number of phenolic OH excluding ortho intramolecular Hbond substituents is 1. The van der Waals surface area contributed by atoms with Gasteiger partial charge in [0.15, 0.2) is 0 Å². The zero-order chi connectivity index (χ0) is 12.5. The summed E-state index contributed by atoms with van der Waals surface area (Å²) in [6, 6.07) is 14.1. The molecule has 0 saturated heterocycles. The summed E-state index contributed by atoms with van der Waals surface area (Å²) in [5.41, 5.74) is 2.14. The Morgan fingerprint density at radius 2 is 1.83 bits per heavy atom. The van der Waals surface area contributed by atoms with Crippen molar-refractivity contribution in [2.45, 2.75) is 23.1 Å². The Balaban J connectivity index is 2.18. The molecule has 0 aromatic heterocycles. The van der Waals surface area contributed by atoms with E-state index in [9.17, 15) is 5.11 Å². The second kappa shape index (κ2) is 4.58. The molecule has 1 N–H and O–H groups in total. The maximum absolute atomic E-state index is 10.1. The molecule has 0 saturated carbocycles. The maximum Gasteiger partial charge on any atom is 0.140 e. The van der Waals surface area contributed by atoms with Crippen LogP contribution in [0, 0.1) is 0 Å². The monoisotopic (exact) mass is 257 g/mol. The van der Waals surface area contributed by atoms with E-state index in [2.05, 4.69) is 36.1 Å². The lowest BCUT2D eigenvalue weighted by Crippen LogP contribution is -2.21. The number of fused-ring (bicyclic) bond motifs is 2. The highest BCUT2D eigenvalue weighted by Crippen LogP contribution is 2.51. The molecule has 2 aromatic carbocycles. The van der Waals surface area contributed by atoms with E-state index in [4.69, 9.17) is 0 Å². The highest BCUT2D eigenvalue weighted by atomic mass is 32.2. The number of hydrogen-bond acceptors (Lipinski definition) is 3. The predicted molar refractivity (Wildman–Crippen MR) is 76.0 cm³/mol. The van der Waals surface area contributed by atoms with Gasteiger partial charge in [0.1, 0.15) is 5.75 Å². The van der Waals surface area contributed by atoms with E-state index in [1.165, 1.54) is 10.6 Å². The number of nitrogens with zero attached hydrogens (tertiary/aromatic N) is 1. The standard InChI is InChI=1S/C15H15NOS/c1-2-10-16-11-6-3-4-8-13(11)18-14-9-5-7-12(17)15(14)16/h3-9,17H,2,10H2,1H3. The Labute approximate surface area is 111 Å². The largest absolute Gasteiger partial charge is 0.506 e. The molecule has 92 valence electrons. The summed E-state index contributed by atoms with van der Waals surface area (Å²) in [6.07, 6.45) is 1.05. The van der Waals surface area contributed by atoms with Crippen molar-refractivity contribution >= 4 is 23.1 Å². The molecule has 3 rings (SSSR count). The van der Waals surface area contributed by atoms with Crippen LogP contribution >= 0.6 is 11.8 Å². The lowest BCUT2D eigenvalue weighted by molar-refractivity contribution is 0.473. The van der Waals surface area contributed by atoms with Crippen molar-refractivity contribution in [2.75, 3.05) is 11.4 Å². The fraction of sp³-hybridized carbons (Fsp3) is 0.200. The number of phenols is 1. The van der Waals surface area contributed by atoms with Crippen molar-refractivity contribution in [3.05, 3.63) is 42.5 Å². The third-order valence-electron chi connectivity index (χ3n) is 3.07. The van der Waals surface area contributed by atoms with E-state index in [1.807, 2.05) is 12.1 Å². The molecule has 1 aliphatic rings. The minimum absolute atomic E-state index is 0.364. The van der Waals surface area contributed by atoms with Crippen LogP contribution in [0.1, 0.15) is 13.3 Å². The van der Waals surface area contributed by atoms with Gasteiger partial charge in [-0.15, -0.1) is 0 Å². The molecule has 1 heterocycles. The Kier molecular flexibility index (Phi) is 2.92. The molecule has 2 aromatic rings. The van der Waals surface area contributed by atoms with Crippen LogP contribution in [-0.4, -0.2) is 11.7 Å². The van der Waals surface area contributed by atoms with E-state index >= 15 is 0 Å². The fourth-order valence-electron chi connectivity index (χ4n) is 2.33. The molecule has 1 aliphatic heterocycles. The van der Waals surface area contributed by atoms with Crippen LogP contribution < -0.4 is 4.90 Å². The molecule has 2 nitrogen and oxygen atoms in total. The lowest BCUT2D eigenvalue weighted by atomic mass is 10.2. The molecule has 0 spiro atoms. The molecule has 18 heavy (non-hydrogen) atoms. The fourth-order valence-corrected chi connectivity index (χ4v) is 3.45. The van der Waals surface area contributed by atoms with Crippen LogP contribution in [0.5, 0.6) is 5.75 Å². The second-order valence-electron chi connectivity index (χ2n) is 4.35. The van der Waals surface area contributed by atoms with E-state index in [0.717, 1.165) is 23.5 Å². The van der Waals surface area contributed by atoms with Crippen molar-refractivity contribution in [2.24, 2.45) is 0 Å². The molecule has 0 radical (unpaired) electrons. The predicted octanol–water partition coefficient (Wildman–Crippen LogP) is 4.40. The summed E-state index contributed by atoms with van der Waals surface area (Å²) in [4.78, 5) is 4.60. The number of anilines is 2. The number of rotatable bonds is 2. The average molecular weight is 257 g/mol. The normalized spacial score (nSPS) is 13.1. The van der Waals surface area contributed by atoms with Gasteiger partial charge in [0.05, 0.1) is 11.4 Å². The molecule has 0 atom stereocenters. The third-order valence-corrected chi connectivity index (χ3v) is 4.19. The van der Waals surface area contributed by atoms with Gasteiger partial charge in [-0.05, 0) is 30.7 Å². The lowest BCUT2D eigenvalue weighted by Gasteiger charge is -2.32. The van der Waals surface area contributed by atoms with Gasteiger partial charge in [-0.2, -0.15) is 0 Å². The van der Waals surface area contributed by atoms with Gasteiger partial charge in [-0.1, -0.05) is 36.9 Å². The van der Waals surface area contributed by atoms with Gasteiger partial charge in [0.2, 0.25) is 0 Å². The van der Waals surface area contributed by atoms with E-state index in [0.29, 0.717) is 5.75 Å². The SMILES string of the molecule is CCCN1c2ccccc2Sc2cccc(O)c21. The highest BCUT2D eigenvalue weighted by Gasteiger charge is 2.24. The van der Waals surface area contributed by atoms with Crippen molar-refractivity contribution in [3.8, 4) is 5.75 Å². The van der Waals surface area contributed by atoms with Crippen LogP contribution in [0.25, 0.3) is 0 Å². The summed E-state index contributed by atoms with van der Waals surface area (Å²) in [5.74, 6) is 0.364. The average Bonchev–Trinajstić information content (AvgIpc) is 2.39. The van der Waals surface area contributed by atoms with Crippen LogP contribution in [0.4, 0.5) is 11.4 Å². The maximum atomic E-state index is 10.1. The van der Waals surface area contributed by atoms with Gasteiger partial charge >= 0.3 is 0 Å². The number of aromatic hydroxyl groups is 1. The topological polar surface area (TPSA) is 23.5 Å². The Bertz CT molecular complexity index is 582. The zero-order valence-corrected chi connectivity index (χ0v) is 11.1. The van der Waals surface area contributed by atoms with Crippen molar-refractivity contribution in [3.63, 3.8) is 0 Å². The first kappa shape index (κ1) is 11.5. The van der Waals surface area contributed by atoms with E-state index in [-0.39, 0.29) is 0 Å². The summed E-state index contributed by atoms with van der Waals surface area (Å²) < 4.78 is 0. The molecule has 3 heteroatoms. The Morgan fingerprint density at radius 1 is 1.06 bits per heavy atom. The van der Waals surface area contributed by atoms with Gasteiger partial charge in [0, 0.05) is 16.3 Å². The summed E-state index contributed by atoms with van der Waals surface area (Å²) in [7, 11) is 0. The smallest absolute Gasteiger partial charge is 0.140 e. The van der Waals surface area contributed by atoms with Crippen LogP contribution in [0.15, 0.2) is 52.3 Å². The van der Waals surface area contributed by atoms with Crippen molar-refractivity contribution in [1.29, 1.82) is 0 Å². The van der Waals surface area contributed by atoms with Crippen LogP contribution in [-0.2, 0) is 0 Å². The number of para-hydroxylation sites is 2. The quantitative estimate of drug-likeness (QED) is 0.862. The first-order chi connectivity index (χ1) is 8.81. The molecular weight excluding hydrogens is 242 g/mol. The van der Waals surface area contributed by atoms with E-state index in [1.54, 1.807) is 17.8 Å². The molecule has 0 unspecified atom stereocenters. The van der Waals surface area contributed by atoms with Gasteiger partial charge < -0.3 is 10.0 Å². The molecule has 0 amide bonds.